The van der Waals surface area contributed by atoms with E-state index in [2.05, 4.69) is 21.9 Å². The largest absolute Gasteiger partial charge is 0.416 e. The molecule has 2 atom stereocenters. The zero-order valence-electron chi connectivity index (χ0n) is 15.9. The van der Waals surface area contributed by atoms with E-state index in [4.69, 9.17) is 4.74 Å². The van der Waals surface area contributed by atoms with Gasteiger partial charge in [0.2, 0.25) is 11.9 Å². The van der Waals surface area contributed by atoms with Gasteiger partial charge in [-0.2, -0.15) is 13.2 Å². The Hall–Kier alpha value is -3.01. The molecule has 10 heteroatoms. The predicted octanol–water partition coefficient (Wildman–Crippen LogP) is 3.42. The van der Waals surface area contributed by atoms with Crippen LogP contribution in [0.15, 0.2) is 49.3 Å². The van der Waals surface area contributed by atoms with E-state index in [9.17, 15) is 22.4 Å². The second kappa shape index (κ2) is 9.21. The third-order valence-electron chi connectivity index (χ3n) is 4.72. The van der Waals surface area contributed by atoms with E-state index in [0.717, 1.165) is 24.5 Å². The third kappa shape index (κ3) is 5.53. The molecule has 0 bridgehead atoms. The highest BCUT2D eigenvalue weighted by Gasteiger charge is 2.32. The number of nitrogens with one attached hydrogen (secondary N) is 1. The number of halogens is 4. The van der Waals surface area contributed by atoms with Crippen LogP contribution in [-0.2, 0) is 22.3 Å². The Morgan fingerprint density at radius 2 is 1.93 bits per heavy atom. The number of anilines is 1. The van der Waals surface area contributed by atoms with Crippen LogP contribution in [0, 0.1) is 5.82 Å². The molecule has 1 aromatic carbocycles. The molecule has 2 aromatic rings. The van der Waals surface area contributed by atoms with Gasteiger partial charge in [0.25, 0.3) is 0 Å². The first-order chi connectivity index (χ1) is 14.3. The van der Waals surface area contributed by atoms with Crippen LogP contribution in [0.3, 0.4) is 0 Å². The molecule has 1 amide bonds. The minimum absolute atomic E-state index is 0.0979. The SMILES string of the molecule is C=CC(=O)N1CCC(OCc2ccc(C(F)(F)F)cc2)C(Nc2ncc(F)cn2)C1. The summed E-state index contributed by atoms with van der Waals surface area (Å²) >= 11 is 0. The first kappa shape index (κ1) is 21.7. The molecule has 0 radical (unpaired) electrons. The van der Waals surface area contributed by atoms with Gasteiger partial charge in [-0.1, -0.05) is 18.7 Å². The maximum Gasteiger partial charge on any atom is 0.416 e. The Bertz CT molecular complexity index is 872. The lowest BCUT2D eigenvalue weighted by molar-refractivity contribution is -0.137. The zero-order chi connectivity index (χ0) is 21.7. The zero-order valence-corrected chi connectivity index (χ0v) is 15.9. The quantitative estimate of drug-likeness (QED) is 0.569. The predicted molar refractivity (Wildman–Crippen MR) is 101 cm³/mol. The summed E-state index contributed by atoms with van der Waals surface area (Å²) in [7, 11) is 0. The number of amides is 1. The number of benzene rings is 1. The molecule has 1 aliphatic heterocycles. The second-order valence-corrected chi connectivity index (χ2v) is 6.80. The van der Waals surface area contributed by atoms with Crippen molar-refractivity contribution in [1.82, 2.24) is 14.9 Å². The highest BCUT2D eigenvalue weighted by atomic mass is 19.4. The normalized spacial score (nSPS) is 19.4. The van der Waals surface area contributed by atoms with Crippen LogP contribution in [-0.4, -0.2) is 46.0 Å². The summed E-state index contributed by atoms with van der Waals surface area (Å²) in [5.74, 6) is -0.636. The average molecular weight is 424 g/mol. The summed E-state index contributed by atoms with van der Waals surface area (Å²) in [6, 6.07) is 4.34. The summed E-state index contributed by atoms with van der Waals surface area (Å²) in [6.07, 6.45) is -1.02. The summed E-state index contributed by atoms with van der Waals surface area (Å²) in [5.41, 5.74) is -0.139. The third-order valence-corrected chi connectivity index (χ3v) is 4.72. The lowest BCUT2D eigenvalue weighted by Crippen LogP contribution is -2.53. The van der Waals surface area contributed by atoms with E-state index in [1.807, 2.05) is 0 Å². The lowest BCUT2D eigenvalue weighted by Gasteiger charge is -2.38. The standard InChI is InChI=1S/C20H20F4N4O2/c1-2-18(29)28-8-7-17(16(11-28)27-19-25-9-15(21)10-26-19)30-12-13-3-5-14(6-4-13)20(22,23)24/h2-6,9-10,16-17H,1,7-8,11-12H2,(H,25,26,27). The van der Waals surface area contributed by atoms with E-state index in [-0.39, 0.29) is 31.1 Å². The Labute approximate surface area is 170 Å². The van der Waals surface area contributed by atoms with Crippen LogP contribution in [0.1, 0.15) is 17.5 Å². The number of likely N-dealkylation sites (tertiary alicyclic amines) is 1. The molecule has 1 aliphatic rings. The monoisotopic (exact) mass is 424 g/mol. The number of aromatic nitrogens is 2. The van der Waals surface area contributed by atoms with E-state index in [1.54, 1.807) is 4.90 Å². The molecule has 1 N–H and O–H groups in total. The number of ether oxygens (including phenoxy) is 1. The van der Waals surface area contributed by atoms with Crippen LogP contribution in [0.25, 0.3) is 0 Å². The number of piperidine rings is 1. The molecule has 30 heavy (non-hydrogen) atoms. The molecule has 2 unspecified atom stereocenters. The van der Waals surface area contributed by atoms with Gasteiger partial charge in [0.1, 0.15) is 0 Å². The number of hydrogen-bond donors (Lipinski definition) is 1. The molecule has 1 saturated heterocycles. The van der Waals surface area contributed by atoms with E-state index < -0.39 is 23.6 Å². The number of nitrogens with zero attached hydrogens (tertiary/aromatic N) is 3. The van der Waals surface area contributed by atoms with E-state index >= 15 is 0 Å². The van der Waals surface area contributed by atoms with Crippen molar-refractivity contribution >= 4 is 11.9 Å². The molecular formula is C20H20F4N4O2. The van der Waals surface area contributed by atoms with Gasteiger partial charge in [-0.05, 0) is 30.2 Å². The van der Waals surface area contributed by atoms with Crippen molar-refractivity contribution in [1.29, 1.82) is 0 Å². The van der Waals surface area contributed by atoms with Crippen molar-refractivity contribution in [3.05, 3.63) is 66.3 Å². The molecule has 2 heterocycles. The van der Waals surface area contributed by atoms with Crippen molar-refractivity contribution in [2.75, 3.05) is 18.4 Å². The molecule has 160 valence electrons. The van der Waals surface area contributed by atoms with E-state index in [1.165, 1.54) is 18.2 Å². The fourth-order valence-electron chi connectivity index (χ4n) is 3.14. The van der Waals surface area contributed by atoms with Gasteiger partial charge in [-0.3, -0.25) is 4.79 Å². The fourth-order valence-corrected chi connectivity index (χ4v) is 3.14. The topological polar surface area (TPSA) is 67.3 Å². The lowest BCUT2D eigenvalue weighted by atomic mass is 10.0. The molecule has 1 aromatic heterocycles. The van der Waals surface area contributed by atoms with Gasteiger partial charge >= 0.3 is 6.18 Å². The summed E-state index contributed by atoms with van der Waals surface area (Å²) < 4.78 is 57.1. The maximum atomic E-state index is 13.1. The number of rotatable bonds is 6. The van der Waals surface area contributed by atoms with Gasteiger partial charge in [-0.15, -0.1) is 0 Å². The molecule has 3 rings (SSSR count). The Balaban J connectivity index is 1.68. The van der Waals surface area contributed by atoms with Gasteiger partial charge in [-0.25, -0.2) is 14.4 Å². The molecule has 6 nitrogen and oxygen atoms in total. The summed E-state index contributed by atoms with van der Waals surface area (Å²) in [5, 5.41) is 3.04. The van der Waals surface area contributed by atoms with Gasteiger partial charge in [0, 0.05) is 13.1 Å². The van der Waals surface area contributed by atoms with Crippen LogP contribution >= 0.6 is 0 Å². The van der Waals surface area contributed by atoms with Gasteiger partial charge in [0.05, 0.1) is 36.7 Å². The Morgan fingerprint density at radius 1 is 1.27 bits per heavy atom. The Kier molecular flexibility index (Phi) is 6.66. The minimum Gasteiger partial charge on any atom is -0.371 e. The van der Waals surface area contributed by atoms with Gasteiger partial charge in [0.15, 0.2) is 5.82 Å². The highest BCUT2D eigenvalue weighted by molar-refractivity contribution is 5.87. The van der Waals surface area contributed by atoms with Crippen molar-refractivity contribution in [2.45, 2.75) is 31.3 Å². The van der Waals surface area contributed by atoms with Crippen LogP contribution in [0.4, 0.5) is 23.5 Å². The first-order valence-corrected chi connectivity index (χ1v) is 9.19. The summed E-state index contributed by atoms with van der Waals surface area (Å²) in [4.78, 5) is 21.3. The van der Waals surface area contributed by atoms with Gasteiger partial charge < -0.3 is 15.0 Å². The van der Waals surface area contributed by atoms with Crippen LogP contribution in [0.2, 0.25) is 0 Å². The fraction of sp³-hybridized carbons (Fsp3) is 0.350. The number of hydrogen-bond acceptors (Lipinski definition) is 5. The van der Waals surface area contributed by atoms with Crippen LogP contribution in [0.5, 0.6) is 0 Å². The molecule has 0 saturated carbocycles. The van der Waals surface area contributed by atoms with Crippen molar-refractivity contribution in [3.8, 4) is 0 Å². The number of alkyl halides is 3. The summed E-state index contributed by atoms with van der Waals surface area (Å²) in [6.45, 7) is 4.30. The smallest absolute Gasteiger partial charge is 0.371 e. The van der Waals surface area contributed by atoms with Crippen molar-refractivity contribution < 1.29 is 27.1 Å². The van der Waals surface area contributed by atoms with E-state index in [0.29, 0.717) is 18.5 Å². The highest BCUT2D eigenvalue weighted by Crippen LogP contribution is 2.29. The molecule has 0 spiro atoms. The molecular weight excluding hydrogens is 404 g/mol. The first-order valence-electron chi connectivity index (χ1n) is 9.19. The maximum absolute atomic E-state index is 13.1. The minimum atomic E-state index is -4.39. The van der Waals surface area contributed by atoms with Crippen LogP contribution < -0.4 is 5.32 Å². The molecule has 1 fully saturated rings. The number of carbonyl (C=O) groups is 1. The second-order valence-electron chi connectivity index (χ2n) is 6.80. The average Bonchev–Trinajstić information content (AvgIpc) is 2.73. The number of carbonyl (C=O) groups excluding carboxylic acids is 1. The molecule has 0 aliphatic carbocycles. The Morgan fingerprint density at radius 3 is 2.53 bits per heavy atom. The van der Waals surface area contributed by atoms with Crippen molar-refractivity contribution in [3.63, 3.8) is 0 Å². The van der Waals surface area contributed by atoms with Crippen molar-refractivity contribution in [2.24, 2.45) is 0 Å².